The summed E-state index contributed by atoms with van der Waals surface area (Å²) in [6.07, 6.45) is 3.82. The van der Waals surface area contributed by atoms with Gasteiger partial charge >= 0.3 is 0 Å². The van der Waals surface area contributed by atoms with E-state index < -0.39 is 10.0 Å². The molecule has 1 saturated carbocycles. The quantitative estimate of drug-likeness (QED) is 0.776. The zero-order valence-electron chi connectivity index (χ0n) is 13.9. The molecule has 1 amide bonds. The molecule has 2 aliphatic rings. The first-order chi connectivity index (χ1) is 12.0. The molecule has 1 aliphatic carbocycles. The normalized spacial score (nSPS) is 20.7. The molecule has 1 aromatic carbocycles. The van der Waals surface area contributed by atoms with Gasteiger partial charge < -0.3 is 5.32 Å². The predicted molar refractivity (Wildman–Crippen MR) is 93.0 cm³/mol. The third kappa shape index (κ3) is 2.75. The Morgan fingerprint density at radius 2 is 1.92 bits per heavy atom. The summed E-state index contributed by atoms with van der Waals surface area (Å²) in [7, 11) is -2.08. The number of nitrogens with one attached hydrogen (secondary N) is 3. The van der Waals surface area contributed by atoms with Crippen molar-refractivity contribution in [2.75, 3.05) is 12.4 Å². The van der Waals surface area contributed by atoms with E-state index in [0.717, 1.165) is 29.7 Å². The largest absolute Gasteiger partial charge is 0.309 e. The van der Waals surface area contributed by atoms with E-state index in [1.807, 2.05) is 0 Å². The predicted octanol–water partition coefficient (Wildman–Crippen LogP) is 2.06. The maximum atomic E-state index is 12.1. The second-order valence-electron chi connectivity index (χ2n) is 6.61. The van der Waals surface area contributed by atoms with Crippen LogP contribution >= 0.6 is 0 Å². The molecule has 0 radical (unpaired) electrons. The number of sulfonamides is 1. The van der Waals surface area contributed by atoms with Crippen molar-refractivity contribution in [2.45, 2.75) is 42.4 Å². The highest BCUT2D eigenvalue weighted by atomic mass is 32.2. The standard InChI is InChI=1S/C17H20N4O3S/c1-18-25(23,24)12-7-5-10(6-8-12)13-9-14(22)19-17-15(13)16(20-21-17)11-3-2-4-11/h5-8,11,13,18H,2-4,9H2,1H3,(H2,19,20,21,22)/t13-/m1/s1. The van der Waals surface area contributed by atoms with E-state index in [2.05, 4.69) is 20.2 Å². The molecule has 25 heavy (non-hydrogen) atoms. The van der Waals surface area contributed by atoms with Crippen molar-refractivity contribution in [3.8, 4) is 0 Å². The average Bonchev–Trinajstić information content (AvgIpc) is 2.96. The third-order valence-electron chi connectivity index (χ3n) is 5.20. The van der Waals surface area contributed by atoms with Gasteiger partial charge in [0, 0.05) is 29.5 Å². The van der Waals surface area contributed by atoms with Crippen LogP contribution in [0.15, 0.2) is 29.2 Å². The van der Waals surface area contributed by atoms with Crippen molar-refractivity contribution in [1.29, 1.82) is 0 Å². The van der Waals surface area contributed by atoms with Gasteiger partial charge in [-0.25, -0.2) is 13.1 Å². The number of H-pyrrole nitrogens is 1. The van der Waals surface area contributed by atoms with Crippen molar-refractivity contribution in [2.24, 2.45) is 0 Å². The molecule has 1 aromatic heterocycles. The lowest BCUT2D eigenvalue weighted by molar-refractivity contribution is -0.116. The van der Waals surface area contributed by atoms with Crippen LogP contribution in [0.2, 0.25) is 0 Å². The number of nitrogens with zero attached hydrogens (tertiary/aromatic N) is 1. The van der Waals surface area contributed by atoms with Crippen LogP contribution < -0.4 is 10.0 Å². The number of aromatic nitrogens is 2. The Morgan fingerprint density at radius 3 is 2.52 bits per heavy atom. The highest BCUT2D eigenvalue weighted by Crippen LogP contribution is 2.45. The monoisotopic (exact) mass is 360 g/mol. The van der Waals surface area contributed by atoms with Gasteiger partial charge in [0.25, 0.3) is 0 Å². The Bertz CT molecular complexity index is 914. The molecule has 1 fully saturated rings. The van der Waals surface area contributed by atoms with E-state index in [0.29, 0.717) is 18.2 Å². The van der Waals surface area contributed by atoms with Gasteiger partial charge in [-0.05, 0) is 37.6 Å². The first kappa shape index (κ1) is 16.3. The topological polar surface area (TPSA) is 104 Å². The molecular weight excluding hydrogens is 340 g/mol. The molecular formula is C17H20N4O3S. The van der Waals surface area contributed by atoms with Crippen molar-refractivity contribution in [3.05, 3.63) is 41.1 Å². The molecule has 132 valence electrons. The summed E-state index contributed by atoms with van der Waals surface area (Å²) in [5, 5.41) is 10.2. The number of fused-ring (bicyclic) bond motifs is 1. The summed E-state index contributed by atoms with van der Waals surface area (Å²) in [5.41, 5.74) is 3.08. The number of anilines is 1. The fraction of sp³-hybridized carbons (Fsp3) is 0.412. The smallest absolute Gasteiger partial charge is 0.240 e. The minimum atomic E-state index is -3.47. The summed E-state index contributed by atoms with van der Waals surface area (Å²) in [6, 6.07) is 6.73. The highest BCUT2D eigenvalue weighted by molar-refractivity contribution is 7.89. The molecule has 0 saturated heterocycles. The first-order valence-electron chi connectivity index (χ1n) is 8.41. The number of aromatic amines is 1. The Balaban J connectivity index is 1.74. The van der Waals surface area contributed by atoms with E-state index in [-0.39, 0.29) is 16.7 Å². The van der Waals surface area contributed by atoms with Crippen LogP contribution in [0.25, 0.3) is 0 Å². The van der Waals surface area contributed by atoms with Gasteiger partial charge in [-0.1, -0.05) is 18.6 Å². The summed E-state index contributed by atoms with van der Waals surface area (Å²) in [6.45, 7) is 0. The first-order valence-corrected chi connectivity index (χ1v) is 9.89. The average molecular weight is 360 g/mol. The van der Waals surface area contributed by atoms with Crippen molar-refractivity contribution in [1.82, 2.24) is 14.9 Å². The summed E-state index contributed by atoms with van der Waals surface area (Å²) >= 11 is 0. The summed E-state index contributed by atoms with van der Waals surface area (Å²) in [4.78, 5) is 12.3. The lowest BCUT2D eigenvalue weighted by Gasteiger charge is -2.29. The van der Waals surface area contributed by atoms with Crippen LogP contribution in [0.1, 0.15) is 54.3 Å². The molecule has 1 aliphatic heterocycles. The third-order valence-corrected chi connectivity index (χ3v) is 6.63. The van der Waals surface area contributed by atoms with E-state index in [4.69, 9.17) is 0 Å². The molecule has 8 heteroatoms. The number of rotatable bonds is 4. The summed E-state index contributed by atoms with van der Waals surface area (Å²) < 4.78 is 26.1. The Hall–Kier alpha value is -2.19. The number of amides is 1. The Morgan fingerprint density at radius 1 is 1.20 bits per heavy atom. The minimum absolute atomic E-state index is 0.0731. The van der Waals surface area contributed by atoms with Gasteiger partial charge in [0.2, 0.25) is 15.9 Å². The SMILES string of the molecule is CNS(=O)(=O)c1ccc([C@H]2CC(=O)Nc3n[nH]c(C4CCC4)c32)cc1. The number of hydrogen-bond acceptors (Lipinski definition) is 4. The number of carbonyl (C=O) groups is 1. The van der Waals surface area contributed by atoms with Gasteiger partial charge in [0.1, 0.15) is 0 Å². The molecule has 1 atom stereocenters. The van der Waals surface area contributed by atoms with Crippen LogP contribution in [0.4, 0.5) is 5.82 Å². The lowest BCUT2D eigenvalue weighted by Crippen LogP contribution is -2.25. The van der Waals surface area contributed by atoms with Gasteiger partial charge in [0.15, 0.2) is 5.82 Å². The second kappa shape index (κ2) is 5.96. The zero-order valence-corrected chi connectivity index (χ0v) is 14.7. The summed E-state index contributed by atoms with van der Waals surface area (Å²) in [5.74, 6) is 0.897. The van der Waals surface area contributed by atoms with Crippen LogP contribution in [-0.2, 0) is 14.8 Å². The number of benzene rings is 1. The maximum absolute atomic E-state index is 12.1. The van der Waals surface area contributed by atoms with Crippen LogP contribution in [0.5, 0.6) is 0 Å². The zero-order chi connectivity index (χ0) is 17.6. The molecule has 0 bridgehead atoms. The van der Waals surface area contributed by atoms with Crippen molar-refractivity contribution in [3.63, 3.8) is 0 Å². The van der Waals surface area contributed by atoms with Crippen LogP contribution in [0, 0.1) is 0 Å². The lowest BCUT2D eigenvalue weighted by atomic mass is 9.77. The van der Waals surface area contributed by atoms with Gasteiger partial charge in [0.05, 0.1) is 4.90 Å². The fourth-order valence-electron chi connectivity index (χ4n) is 3.57. The van der Waals surface area contributed by atoms with Gasteiger partial charge in [-0.15, -0.1) is 0 Å². The molecule has 3 N–H and O–H groups in total. The van der Waals surface area contributed by atoms with E-state index in [1.54, 1.807) is 24.3 Å². The second-order valence-corrected chi connectivity index (χ2v) is 8.50. The Labute approximate surface area is 146 Å². The van der Waals surface area contributed by atoms with E-state index in [1.165, 1.54) is 13.5 Å². The maximum Gasteiger partial charge on any atom is 0.240 e. The molecule has 7 nitrogen and oxygen atoms in total. The molecule has 4 rings (SSSR count). The highest BCUT2D eigenvalue weighted by Gasteiger charge is 2.35. The van der Waals surface area contributed by atoms with Gasteiger partial charge in [-0.2, -0.15) is 5.10 Å². The van der Waals surface area contributed by atoms with E-state index >= 15 is 0 Å². The van der Waals surface area contributed by atoms with Crippen LogP contribution in [-0.4, -0.2) is 31.6 Å². The molecule has 0 spiro atoms. The fourth-order valence-corrected chi connectivity index (χ4v) is 4.30. The van der Waals surface area contributed by atoms with E-state index in [9.17, 15) is 13.2 Å². The molecule has 0 unspecified atom stereocenters. The van der Waals surface area contributed by atoms with Crippen molar-refractivity contribution >= 4 is 21.7 Å². The number of hydrogen-bond donors (Lipinski definition) is 3. The van der Waals surface area contributed by atoms with Crippen molar-refractivity contribution < 1.29 is 13.2 Å². The van der Waals surface area contributed by atoms with Crippen LogP contribution in [0.3, 0.4) is 0 Å². The minimum Gasteiger partial charge on any atom is -0.309 e. The van der Waals surface area contributed by atoms with Gasteiger partial charge in [-0.3, -0.25) is 9.89 Å². The number of carbonyl (C=O) groups excluding carboxylic acids is 1. The molecule has 2 heterocycles. The Kier molecular flexibility index (Phi) is 3.88. The molecule has 2 aromatic rings.